The minimum Gasteiger partial charge on any atom is -0.469 e. The number of alkyl halides is 1. The standard InChI is InChI=1S/C8H15FN2O2/c1-13-8(12)4-7-5-11(6-9)3-2-10-7/h7,10H,2-6H2,1H3. The first-order valence-electron chi connectivity index (χ1n) is 4.34. The first-order chi connectivity index (χ1) is 6.26. The molecule has 5 heteroatoms. The quantitative estimate of drug-likeness (QED) is 0.492. The van der Waals surface area contributed by atoms with Crippen molar-refractivity contribution >= 4 is 5.97 Å². The smallest absolute Gasteiger partial charge is 0.307 e. The number of nitrogens with one attached hydrogen (secondary N) is 1. The molecule has 1 aliphatic rings. The van der Waals surface area contributed by atoms with Gasteiger partial charge in [0.1, 0.15) is 6.80 Å². The van der Waals surface area contributed by atoms with E-state index in [9.17, 15) is 9.18 Å². The van der Waals surface area contributed by atoms with Gasteiger partial charge in [-0.25, -0.2) is 4.39 Å². The molecule has 1 fully saturated rings. The van der Waals surface area contributed by atoms with E-state index in [-0.39, 0.29) is 12.0 Å². The molecule has 0 amide bonds. The molecule has 0 spiro atoms. The minimum atomic E-state index is -0.445. The van der Waals surface area contributed by atoms with Crippen LogP contribution >= 0.6 is 0 Å². The van der Waals surface area contributed by atoms with Gasteiger partial charge in [0.15, 0.2) is 0 Å². The summed E-state index contributed by atoms with van der Waals surface area (Å²) in [5.74, 6) is -0.252. The number of nitrogens with zero attached hydrogens (tertiary/aromatic N) is 1. The average Bonchev–Trinajstić information content (AvgIpc) is 2.18. The summed E-state index contributed by atoms with van der Waals surface area (Å²) in [6.45, 7) is 1.56. The summed E-state index contributed by atoms with van der Waals surface area (Å²) in [5.41, 5.74) is 0. The van der Waals surface area contributed by atoms with Crippen LogP contribution in [0.2, 0.25) is 0 Å². The highest BCUT2D eigenvalue weighted by Crippen LogP contribution is 2.03. The fourth-order valence-electron chi connectivity index (χ4n) is 1.42. The van der Waals surface area contributed by atoms with Crippen molar-refractivity contribution in [1.82, 2.24) is 10.2 Å². The number of piperazine rings is 1. The van der Waals surface area contributed by atoms with Crippen LogP contribution in [0, 0.1) is 0 Å². The summed E-state index contributed by atoms with van der Waals surface area (Å²) in [6.07, 6.45) is 0.312. The molecule has 1 saturated heterocycles. The van der Waals surface area contributed by atoms with Crippen LogP contribution in [0.5, 0.6) is 0 Å². The maximum absolute atomic E-state index is 12.3. The van der Waals surface area contributed by atoms with E-state index in [2.05, 4.69) is 10.1 Å². The zero-order valence-electron chi connectivity index (χ0n) is 7.75. The van der Waals surface area contributed by atoms with Gasteiger partial charge in [-0.05, 0) is 0 Å². The summed E-state index contributed by atoms with van der Waals surface area (Å²) in [6, 6.07) is 0.0250. The third-order valence-corrected chi connectivity index (χ3v) is 2.15. The van der Waals surface area contributed by atoms with E-state index in [0.717, 1.165) is 6.54 Å². The third-order valence-electron chi connectivity index (χ3n) is 2.15. The number of esters is 1. The fraction of sp³-hybridized carbons (Fsp3) is 0.875. The van der Waals surface area contributed by atoms with Gasteiger partial charge in [0.2, 0.25) is 0 Å². The summed E-state index contributed by atoms with van der Waals surface area (Å²) < 4.78 is 16.8. The van der Waals surface area contributed by atoms with Gasteiger partial charge in [-0.3, -0.25) is 9.69 Å². The van der Waals surface area contributed by atoms with Crippen LogP contribution in [0.3, 0.4) is 0 Å². The van der Waals surface area contributed by atoms with Gasteiger partial charge < -0.3 is 10.1 Å². The molecule has 0 aromatic rings. The van der Waals surface area contributed by atoms with E-state index in [1.54, 1.807) is 4.90 Å². The minimum absolute atomic E-state index is 0.0250. The van der Waals surface area contributed by atoms with Crippen molar-refractivity contribution in [2.24, 2.45) is 0 Å². The summed E-state index contributed by atoms with van der Waals surface area (Å²) >= 11 is 0. The molecule has 13 heavy (non-hydrogen) atoms. The van der Waals surface area contributed by atoms with E-state index in [4.69, 9.17) is 0 Å². The second kappa shape index (κ2) is 5.14. The lowest BCUT2D eigenvalue weighted by atomic mass is 10.1. The number of carbonyl (C=O) groups excluding carboxylic acids is 1. The van der Waals surface area contributed by atoms with Gasteiger partial charge in [-0.15, -0.1) is 0 Å². The van der Waals surface area contributed by atoms with Crippen LogP contribution in [0.25, 0.3) is 0 Å². The van der Waals surface area contributed by atoms with Gasteiger partial charge in [-0.1, -0.05) is 0 Å². The molecule has 0 aliphatic carbocycles. The van der Waals surface area contributed by atoms with Crippen molar-refractivity contribution in [3.8, 4) is 0 Å². The number of methoxy groups -OCH3 is 1. The first-order valence-corrected chi connectivity index (χ1v) is 4.34. The number of halogens is 1. The maximum Gasteiger partial charge on any atom is 0.307 e. The van der Waals surface area contributed by atoms with Crippen LogP contribution < -0.4 is 5.32 Å². The fourth-order valence-corrected chi connectivity index (χ4v) is 1.42. The predicted octanol–water partition coefficient (Wildman–Crippen LogP) is -0.250. The topological polar surface area (TPSA) is 41.6 Å². The molecule has 0 saturated carbocycles. The number of carbonyl (C=O) groups is 1. The molecule has 0 bridgehead atoms. The Labute approximate surface area is 77.0 Å². The number of hydrogen-bond acceptors (Lipinski definition) is 4. The monoisotopic (exact) mass is 190 g/mol. The molecule has 0 aromatic heterocycles. The molecule has 76 valence electrons. The van der Waals surface area contributed by atoms with Crippen LogP contribution in [0.1, 0.15) is 6.42 Å². The van der Waals surface area contributed by atoms with Crippen molar-refractivity contribution < 1.29 is 13.9 Å². The molecule has 0 radical (unpaired) electrons. The van der Waals surface area contributed by atoms with Crippen molar-refractivity contribution in [1.29, 1.82) is 0 Å². The highest BCUT2D eigenvalue weighted by molar-refractivity contribution is 5.69. The third kappa shape index (κ3) is 3.28. The molecule has 4 nitrogen and oxygen atoms in total. The maximum atomic E-state index is 12.3. The Morgan fingerprint density at radius 2 is 2.54 bits per heavy atom. The van der Waals surface area contributed by atoms with Crippen molar-refractivity contribution in [2.75, 3.05) is 33.5 Å². The predicted molar refractivity (Wildman–Crippen MR) is 46.0 cm³/mol. The Morgan fingerprint density at radius 3 is 3.15 bits per heavy atom. The SMILES string of the molecule is COC(=O)CC1CN(CF)CCN1. The second-order valence-corrected chi connectivity index (χ2v) is 3.13. The largest absolute Gasteiger partial charge is 0.469 e. The van der Waals surface area contributed by atoms with Crippen molar-refractivity contribution in [3.63, 3.8) is 0 Å². The Kier molecular flexibility index (Phi) is 4.11. The Balaban J connectivity index is 2.29. The number of ether oxygens (including phenoxy) is 1. The molecule has 1 rings (SSSR count). The van der Waals surface area contributed by atoms with Gasteiger partial charge in [0.05, 0.1) is 13.5 Å². The molecular formula is C8H15FN2O2. The van der Waals surface area contributed by atoms with Crippen LogP contribution in [-0.2, 0) is 9.53 Å². The summed E-state index contributed by atoms with van der Waals surface area (Å²) in [7, 11) is 1.36. The normalized spacial score (nSPS) is 24.3. The van der Waals surface area contributed by atoms with Crippen LogP contribution in [0.15, 0.2) is 0 Å². The van der Waals surface area contributed by atoms with E-state index in [1.165, 1.54) is 7.11 Å². The van der Waals surface area contributed by atoms with Crippen LogP contribution in [-0.4, -0.2) is 50.5 Å². The number of rotatable bonds is 3. The van der Waals surface area contributed by atoms with Crippen molar-refractivity contribution in [3.05, 3.63) is 0 Å². The van der Waals surface area contributed by atoms with Gasteiger partial charge in [0.25, 0.3) is 0 Å². The lowest BCUT2D eigenvalue weighted by molar-refractivity contribution is -0.141. The molecule has 0 aromatic carbocycles. The highest BCUT2D eigenvalue weighted by Gasteiger charge is 2.21. The molecule has 1 heterocycles. The molecular weight excluding hydrogens is 175 g/mol. The van der Waals surface area contributed by atoms with E-state index in [1.807, 2.05) is 0 Å². The second-order valence-electron chi connectivity index (χ2n) is 3.13. The van der Waals surface area contributed by atoms with Gasteiger partial charge >= 0.3 is 5.97 Å². The number of hydrogen-bond donors (Lipinski definition) is 1. The zero-order valence-corrected chi connectivity index (χ0v) is 7.75. The Hall–Kier alpha value is -0.680. The lowest BCUT2D eigenvalue weighted by Crippen LogP contribution is -2.51. The van der Waals surface area contributed by atoms with E-state index < -0.39 is 6.80 Å². The lowest BCUT2D eigenvalue weighted by Gasteiger charge is -2.30. The van der Waals surface area contributed by atoms with E-state index in [0.29, 0.717) is 19.5 Å². The van der Waals surface area contributed by atoms with Crippen LogP contribution in [0.4, 0.5) is 4.39 Å². The van der Waals surface area contributed by atoms with E-state index >= 15 is 0 Å². The Morgan fingerprint density at radius 1 is 1.77 bits per heavy atom. The molecule has 1 unspecified atom stereocenters. The first kappa shape index (κ1) is 10.4. The van der Waals surface area contributed by atoms with Crippen molar-refractivity contribution in [2.45, 2.75) is 12.5 Å². The molecule has 1 N–H and O–H groups in total. The average molecular weight is 190 g/mol. The summed E-state index contributed by atoms with van der Waals surface area (Å²) in [5, 5.41) is 3.14. The highest BCUT2D eigenvalue weighted by atomic mass is 19.1. The van der Waals surface area contributed by atoms with Gasteiger partial charge in [0, 0.05) is 25.7 Å². The Bertz CT molecular complexity index is 178. The summed E-state index contributed by atoms with van der Waals surface area (Å²) in [4.78, 5) is 12.6. The van der Waals surface area contributed by atoms with Gasteiger partial charge in [-0.2, -0.15) is 0 Å². The zero-order chi connectivity index (χ0) is 9.68. The molecule has 1 atom stereocenters. The molecule has 1 aliphatic heterocycles.